The number of halogens is 2. The first kappa shape index (κ1) is 21.1. The molecule has 2 atom stereocenters. The molecule has 2 saturated carbocycles. The first-order chi connectivity index (χ1) is 13.5. The summed E-state index contributed by atoms with van der Waals surface area (Å²) in [7, 11) is 0. The SMILES string of the molecule is CCCC1CCC(C2CCC(C(=O)Oc3ccc(OCC)c(F)c3F)CC2)C1. The molecule has 2 aliphatic carbocycles. The number of ether oxygens (including phenoxy) is 2. The lowest BCUT2D eigenvalue weighted by Gasteiger charge is -2.31. The number of carbonyl (C=O) groups excluding carboxylic acids is 1. The Morgan fingerprint density at radius 1 is 0.964 bits per heavy atom. The summed E-state index contributed by atoms with van der Waals surface area (Å²) in [6, 6.07) is 2.56. The molecule has 0 amide bonds. The normalized spacial score (nSPS) is 27.6. The highest BCUT2D eigenvalue weighted by Crippen LogP contribution is 2.44. The third-order valence-corrected chi connectivity index (χ3v) is 6.57. The van der Waals surface area contributed by atoms with Gasteiger partial charge < -0.3 is 9.47 Å². The van der Waals surface area contributed by atoms with Gasteiger partial charge in [-0.25, -0.2) is 0 Å². The van der Waals surface area contributed by atoms with Crippen molar-refractivity contribution in [3.63, 3.8) is 0 Å². The summed E-state index contributed by atoms with van der Waals surface area (Å²) in [5.41, 5.74) is 0. The molecule has 3 rings (SSSR count). The van der Waals surface area contributed by atoms with E-state index in [0.717, 1.165) is 37.5 Å². The van der Waals surface area contributed by atoms with Crippen LogP contribution in [0.5, 0.6) is 11.5 Å². The number of hydrogen-bond acceptors (Lipinski definition) is 3. The first-order valence-electron chi connectivity index (χ1n) is 10.9. The zero-order chi connectivity index (χ0) is 20.1. The summed E-state index contributed by atoms with van der Waals surface area (Å²) in [6.45, 7) is 4.18. The lowest BCUT2D eigenvalue weighted by Crippen LogP contribution is -2.28. The first-order valence-corrected chi connectivity index (χ1v) is 10.9. The second-order valence-electron chi connectivity index (χ2n) is 8.38. The predicted molar refractivity (Wildman–Crippen MR) is 104 cm³/mol. The monoisotopic (exact) mass is 394 g/mol. The van der Waals surface area contributed by atoms with Crippen LogP contribution in [0.25, 0.3) is 0 Å². The van der Waals surface area contributed by atoms with E-state index in [1.54, 1.807) is 6.92 Å². The number of benzene rings is 1. The van der Waals surface area contributed by atoms with E-state index < -0.39 is 17.6 Å². The molecule has 3 nitrogen and oxygen atoms in total. The maximum absolute atomic E-state index is 14.1. The molecule has 0 heterocycles. The van der Waals surface area contributed by atoms with Crippen molar-refractivity contribution in [2.75, 3.05) is 6.61 Å². The highest BCUT2D eigenvalue weighted by Gasteiger charge is 2.35. The fourth-order valence-corrected chi connectivity index (χ4v) is 5.09. The average Bonchev–Trinajstić information content (AvgIpc) is 3.17. The maximum atomic E-state index is 14.1. The van der Waals surface area contributed by atoms with Gasteiger partial charge in [-0.3, -0.25) is 4.79 Å². The average molecular weight is 395 g/mol. The molecule has 0 N–H and O–H groups in total. The summed E-state index contributed by atoms with van der Waals surface area (Å²) in [5, 5.41) is 0. The second-order valence-corrected chi connectivity index (χ2v) is 8.38. The number of hydrogen-bond donors (Lipinski definition) is 0. The molecule has 2 unspecified atom stereocenters. The topological polar surface area (TPSA) is 35.5 Å². The van der Waals surface area contributed by atoms with Crippen molar-refractivity contribution in [3.8, 4) is 11.5 Å². The molecule has 0 aromatic heterocycles. The van der Waals surface area contributed by atoms with E-state index in [1.807, 2.05) is 0 Å². The van der Waals surface area contributed by atoms with E-state index in [4.69, 9.17) is 9.47 Å². The summed E-state index contributed by atoms with van der Waals surface area (Å²) in [5.74, 6) is -1.09. The number of rotatable bonds is 7. The maximum Gasteiger partial charge on any atom is 0.314 e. The summed E-state index contributed by atoms with van der Waals surface area (Å²) >= 11 is 0. The molecule has 2 aliphatic rings. The van der Waals surface area contributed by atoms with Gasteiger partial charge in [0.2, 0.25) is 11.6 Å². The Kier molecular flexibility index (Phi) is 7.30. The van der Waals surface area contributed by atoms with Crippen molar-refractivity contribution >= 4 is 5.97 Å². The standard InChI is InChI=1S/C23H32F2O3/c1-3-5-15-6-7-18(14-15)16-8-10-17(11-9-16)23(26)28-20-13-12-19(27-4-2)21(24)22(20)25/h12-13,15-18H,3-11,14H2,1-2H3. The van der Waals surface area contributed by atoms with Gasteiger partial charge in [0.15, 0.2) is 11.5 Å². The van der Waals surface area contributed by atoms with Crippen LogP contribution in [0.1, 0.15) is 71.6 Å². The molecule has 1 aromatic carbocycles. The van der Waals surface area contributed by atoms with Crippen LogP contribution in [0.2, 0.25) is 0 Å². The third-order valence-electron chi connectivity index (χ3n) is 6.57. The Morgan fingerprint density at radius 3 is 2.29 bits per heavy atom. The van der Waals surface area contributed by atoms with E-state index in [2.05, 4.69) is 6.92 Å². The molecular formula is C23H32F2O3. The van der Waals surface area contributed by atoms with Gasteiger partial charge in [0.1, 0.15) is 0 Å². The van der Waals surface area contributed by atoms with Crippen molar-refractivity contribution in [1.29, 1.82) is 0 Å². The van der Waals surface area contributed by atoms with Gasteiger partial charge in [0.25, 0.3) is 0 Å². The zero-order valence-electron chi connectivity index (χ0n) is 17.0. The van der Waals surface area contributed by atoms with Gasteiger partial charge in [-0.2, -0.15) is 8.78 Å². The Morgan fingerprint density at radius 2 is 1.61 bits per heavy atom. The van der Waals surface area contributed by atoms with Crippen molar-refractivity contribution < 1.29 is 23.0 Å². The van der Waals surface area contributed by atoms with E-state index in [1.165, 1.54) is 44.2 Å². The fraction of sp³-hybridized carbons (Fsp3) is 0.696. The Bertz CT molecular complexity index is 668. The van der Waals surface area contributed by atoms with Crippen LogP contribution >= 0.6 is 0 Å². The van der Waals surface area contributed by atoms with Crippen LogP contribution in [0.4, 0.5) is 8.78 Å². The number of carbonyl (C=O) groups is 1. The largest absolute Gasteiger partial charge is 0.491 e. The minimum absolute atomic E-state index is 0.168. The van der Waals surface area contributed by atoms with Gasteiger partial charge >= 0.3 is 5.97 Å². The zero-order valence-corrected chi connectivity index (χ0v) is 17.0. The van der Waals surface area contributed by atoms with E-state index in [0.29, 0.717) is 5.92 Å². The van der Waals surface area contributed by atoms with Gasteiger partial charge in [-0.1, -0.05) is 26.2 Å². The Labute approximate surface area is 166 Å². The molecule has 0 saturated heterocycles. The Balaban J connectivity index is 1.51. The summed E-state index contributed by atoms with van der Waals surface area (Å²) < 4.78 is 38.3. The second kappa shape index (κ2) is 9.71. The Hall–Kier alpha value is -1.65. The van der Waals surface area contributed by atoms with Gasteiger partial charge in [-0.05, 0) is 75.3 Å². The lowest BCUT2D eigenvalue weighted by molar-refractivity contribution is -0.140. The molecule has 0 radical (unpaired) electrons. The molecule has 28 heavy (non-hydrogen) atoms. The molecule has 1 aromatic rings. The third kappa shape index (κ3) is 4.84. The minimum atomic E-state index is -1.17. The molecular weight excluding hydrogens is 362 g/mol. The highest BCUT2D eigenvalue weighted by atomic mass is 19.2. The summed E-state index contributed by atoms with van der Waals surface area (Å²) in [6.07, 6.45) is 10.2. The van der Waals surface area contributed by atoms with Crippen molar-refractivity contribution in [3.05, 3.63) is 23.8 Å². The van der Waals surface area contributed by atoms with E-state index >= 15 is 0 Å². The molecule has 0 bridgehead atoms. The number of esters is 1. The smallest absolute Gasteiger partial charge is 0.314 e. The van der Waals surface area contributed by atoms with Gasteiger partial charge in [-0.15, -0.1) is 0 Å². The summed E-state index contributed by atoms with van der Waals surface area (Å²) in [4.78, 5) is 12.5. The van der Waals surface area contributed by atoms with Crippen molar-refractivity contribution in [1.82, 2.24) is 0 Å². The molecule has 156 valence electrons. The molecule has 0 spiro atoms. The van der Waals surface area contributed by atoms with Crippen LogP contribution in [-0.4, -0.2) is 12.6 Å². The van der Waals surface area contributed by atoms with Crippen LogP contribution in [0, 0.1) is 35.3 Å². The van der Waals surface area contributed by atoms with Gasteiger partial charge in [0.05, 0.1) is 12.5 Å². The van der Waals surface area contributed by atoms with Crippen molar-refractivity contribution in [2.45, 2.75) is 71.6 Å². The quantitative estimate of drug-likeness (QED) is 0.403. The van der Waals surface area contributed by atoms with Gasteiger partial charge in [0, 0.05) is 0 Å². The van der Waals surface area contributed by atoms with E-state index in [-0.39, 0.29) is 24.0 Å². The fourth-order valence-electron chi connectivity index (χ4n) is 5.09. The molecule has 0 aliphatic heterocycles. The minimum Gasteiger partial charge on any atom is -0.491 e. The van der Waals surface area contributed by atoms with Crippen LogP contribution < -0.4 is 9.47 Å². The van der Waals surface area contributed by atoms with Crippen LogP contribution in [0.3, 0.4) is 0 Å². The van der Waals surface area contributed by atoms with Crippen LogP contribution in [0.15, 0.2) is 12.1 Å². The van der Waals surface area contributed by atoms with E-state index in [9.17, 15) is 13.6 Å². The molecule has 5 heteroatoms. The predicted octanol–water partition coefficient (Wildman–Crippen LogP) is 6.29. The van der Waals surface area contributed by atoms with Crippen molar-refractivity contribution in [2.24, 2.45) is 23.7 Å². The van der Waals surface area contributed by atoms with Crippen LogP contribution in [-0.2, 0) is 4.79 Å². The lowest BCUT2D eigenvalue weighted by atomic mass is 9.75. The highest BCUT2D eigenvalue weighted by molar-refractivity contribution is 5.75. The molecule has 2 fully saturated rings.